The molecule has 11 rings (SSSR count). The topological polar surface area (TPSA) is 35.6 Å². The normalized spacial score (nSPS) is 11.6. The smallest absolute Gasteiger partial charge is 0.160 e. The summed E-state index contributed by atoms with van der Waals surface area (Å²) in [4.78, 5) is 9.84. The minimum absolute atomic E-state index is 0.324. The number of fused-ring (bicyclic) bond motifs is 6. The van der Waals surface area contributed by atoms with Gasteiger partial charge in [-0.2, -0.15) is 0 Å². The van der Waals surface area contributed by atoms with Gasteiger partial charge in [0.1, 0.15) is 11.6 Å². The van der Waals surface area contributed by atoms with Gasteiger partial charge in [-0.1, -0.05) is 84.9 Å². The molecule has 0 fully saturated rings. The molecule has 0 aliphatic heterocycles. The molecule has 0 atom stereocenters. The lowest BCUT2D eigenvalue weighted by Crippen LogP contribution is -1.98. The van der Waals surface area contributed by atoms with E-state index in [4.69, 9.17) is 9.97 Å². The molecular weight excluding hydrogens is 719 g/mol. The molecular formula is C52H32F2N4. The summed E-state index contributed by atoms with van der Waals surface area (Å²) in [5, 5.41) is 4.74. The Morgan fingerprint density at radius 2 is 0.828 bits per heavy atom. The third-order valence-electron chi connectivity index (χ3n) is 11.1. The molecule has 3 heterocycles. The van der Waals surface area contributed by atoms with Crippen LogP contribution < -0.4 is 0 Å². The van der Waals surface area contributed by atoms with Gasteiger partial charge in [-0.05, 0) is 120 Å². The molecule has 0 bridgehead atoms. The zero-order valence-corrected chi connectivity index (χ0v) is 31.0. The fourth-order valence-corrected chi connectivity index (χ4v) is 8.33. The number of aromatic nitrogens is 4. The van der Waals surface area contributed by atoms with Crippen LogP contribution in [-0.2, 0) is 0 Å². The van der Waals surface area contributed by atoms with E-state index >= 15 is 0 Å². The zero-order valence-electron chi connectivity index (χ0n) is 31.0. The van der Waals surface area contributed by atoms with Gasteiger partial charge in [-0.3, -0.25) is 0 Å². The minimum atomic E-state index is -0.336. The molecule has 0 radical (unpaired) electrons. The quantitative estimate of drug-likeness (QED) is 0.170. The van der Waals surface area contributed by atoms with Crippen LogP contribution >= 0.6 is 0 Å². The molecule has 8 aromatic carbocycles. The van der Waals surface area contributed by atoms with Gasteiger partial charge in [0.2, 0.25) is 0 Å². The van der Waals surface area contributed by atoms with Crippen LogP contribution in [0.1, 0.15) is 0 Å². The molecule has 0 aliphatic rings. The summed E-state index contributed by atoms with van der Waals surface area (Å²) in [5.41, 5.74) is 12.5. The predicted octanol–water partition coefficient (Wildman–Crippen LogP) is 13.6. The van der Waals surface area contributed by atoms with Crippen molar-refractivity contribution in [3.05, 3.63) is 206 Å². The first-order valence-electron chi connectivity index (χ1n) is 19.2. The predicted molar refractivity (Wildman–Crippen MR) is 232 cm³/mol. The maximum atomic E-state index is 14.0. The van der Waals surface area contributed by atoms with E-state index in [0.29, 0.717) is 22.8 Å². The molecule has 11 aromatic rings. The summed E-state index contributed by atoms with van der Waals surface area (Å²) in [6.07, 6.45) is 0. The Labute approximate surface area is 332 Å². The van der Waals surface area contributed by atoms with Gasteiger partial charge in [0.25, 0.3) is 0 Å². The van der Waals surface area contributed by atoms with Gasteiger partial charge in [0, 0.05) is 49.6 Å². The molecule has 6 heteroatoms. The van der Waals surface area contributed by atoms with Crippen molar-refractivity contribution in [2.75, 3.05) is 0 Å². The second-order valence-electron chi connectivity index (χ2n) is 14.5. The van der Waals surface area contributed by atoms with Crippen LogP contribution in [0.5, 0.6) is 0 Å². The molecule has 0 amide bonds. The van der Waals surface area contributed by atoms with Gasteiger partial charge in [-0.25, -0.2) is 18.7 Å². The van der Waals surface area contributed by atoms with E-state index in [0.717, 1.165) is 61.0 Å². The summed E-state index contributed by atoms with van der Waals surface area (Å²) >= 11 is 0. The zero-order chi connectivity index (χ0) is 38.7. The molecule has 0 spiro atoms. The molecule has 0 N–H and O–H groups in total. The largest absolute Gasteiger partial charge is 0.309 e. The SMILES string of the molecule is Fc1ccc(-c2cc(-c3cccc(-n4c5ccccc5c5ccc(-c6ccc7c(c6)c6ccccc6n7-c6ccccc6)cc54)c3)nc(-c3ccc(F)cc3)n2)cc1. The Morgan fingerprint density at radius 1 is 0.310 bits per heavy atom. The lowest BCUT2D eigenvalue weighted by molar-refractivity contribution is 0.627. The van der Waals surface area contributed by atoms with Gasteiger partial charge in [0.15, 0.2) is 5.82 Å². The van der Waals surface area contributed by atoms with Gasteiger partial charge < -0.3 is 9.13 Å². The summed E-state index contributed by atoms with van der Waals surface area (Å²) in [5.74, 6) is -0.209. The van der Waals surface area contributed by atoms with Gasteiger partial charge in [0.05, 0.1) is 33.5 Å². The van der Waals surface area contributed by atoms with Crippen molar-refractivity contribution in [1.29, 1.82) is 0 Å². The minimum Gasteiger partial charge on any atom is -0.309 e. The van der Waals surface area contributed by atoms with Crippen LogP contribution in [0, 0.1) is 11.6 Å². The summed E-state index contributed by atoms with van der Waals surface area (Å²) in [6, 6.07) is 63.9. The first-order chi connectivity index (χ1) is 28.6. The van der Waals surface area contributed by atoms with Crippen molar-refractivity contribution in [1.82, 2.24) is 19.1 Å². The highest BCUT2D eigenvalue weighted by Gasteiger charge is 2.18. The molecule has 274 valence electrons. The van der Waals surface area contributed by atoms with Crippen LogP contribution in [0.25, 0.3) is 100 Å². The number of rotatable bonds is 6. The van der Waals surface area contributed by atoms with Crippen LogP contribution in [0.2, 0.25) is 0 Å². The van der Waals surface area contributed by atoms with Crippen molar-refractivity contribution >= 4 is 43.6 Å². The van der Waals surface area contributed by atoms with E-state index in [2.05, 4.69) is 137 Å². The second-order valence-corrected chi connectivity index (χ2v) is 14.5. The van der Waals surface area contributed by atoms with E-state index in [-0.39, 0.29) is 11.6 Å². The fourth-order valence-electron chi connectivity index (χ4n) is 8.33. The average Bonchev–Trinajstić information content (AvgIpc) is 3.79. The molecule has 0 saturated heterocycles. The molecule has 0 saturated carbocycles. The summed E-state index contributed by atoms with van der Waals surface area (Å²) in [6.45, 7) is 0. The number of para-hydroxylation sites is 3. The van der Waals surface area contributed by atoms with E-state index < -0.39 is 0 Å². The maximum Gasteiger partial charge on any atom is 0.160 e. The van der Waals surface area contributed by atoms with E-state index in [1.54, 1.807) is 24.3 Å². The third kappa shape index (κ3) is 5.65. The molecule has 3 aromatic heterocycles. The highest BCUT2D eigenvalue weighted by atomic mass is 19.1. The standard InChI is InChI=1S/C52H32F2N4/c53-38-23-17-33(18-24-38)46-32-47(56-52(55-46)34-19-25-39(54)26-20-34)37-9-8-12-41(29-37)58-48-15-6-4-13-42(48)44-27-21-36(31-51(44)58)35-22-28-50-45(30-35)43-14-5-7-16-49(43)57(50)40-10-2-1-3-11-40/h1-32H. The first-order valence-corrected chi connectivity index (χ1v) is 19.2. The molecule has 0 unspecified atom stereocenters. The van der Waals surface area contributed by atoms with Crippen molar-refractivity contribution in [3.8, 4) is 56.4 Å². The average molecular weight is 751 g/mol. The van der Waals surface area contributed by atoms with Crippen LogP contribution in [0.4, 0.5) is 8.78 Å². The Bertz CT molecular complexity index is 3280. The monoisotopic (exact) mass is 750 g/mol. The van der Waals surface area contributed by atoms with Crippen molar-refractivity contribution in [2.24, 2.45) is 0 Å². The Kier molecular flexibility index (Phi) is 7.83. The molecule has 0 aliphatic carbocycles. The van der Waals surface area contributed by atoms with Gasteiger partial charge in [-0.15, -0.1) is 0 Å². The second kappa shape index (κ2) is 13.5. The first kappa shape index (κ1) is 33.6. The Morgan fingerprint density at radius 3 is 1.55 bits per heavy atom. The third-order valence-corrected chi connectivity index (χ3v) is 11.1. The Hall–Kier alpha value is -7.70. The summed E-state index contributed by atoms with van der Waals surface area (Å²) < 4.78 is 32.6. The number of hydrogen-bond acceptors (Lipinski definition) is 2. The summed E-state index contributed by atoms with van der Waals surface area (Å²) in [7, 11) is 0. The molecule has 4 nitrogen and oxygen atoms in total. The van der Waals surface area contributed by atoms with E-state index in [1.165, 1.54) is 40.6 Å². The van der Waals surface area contributed by atoms with E-state index in [9.17, 15) is 8.78 Å². The number of nitrogens with zero attached hydrogens (tertiary/aromatic N) is 4. The van der Waals surface area contributed by atoms with E-state index in [1.807, 2.05) is 18.2 Å². The van der Waals surface area contributed by atoms with Crippen molar-refractivity contribution in [2.45, 2.75) is 0 Å². The highest BCUT2D eigenvalue weighted by molar-refractivity contribution is 6.12. The fraction of sp³-hybridized carbons (Fsp3) is 0. The van der Waals surface area contributed by atoms with Crippen LogP contribution in [-0.4, -0.2) is 19.1 Å². The highest BCUT2D eigenvalue weighted by Crippen LogP contribution is 2.39. The van der Waals surface area contributed by atoms with Crippen LogP contribution in [0.15, 0.2) is 194 Å². The number of benzene rings is 8. The molecule has 58 heavy (non-hydrogen) atoms. The number of halogens is 2. The van der Waals surface area contributed by atoms with Crippen molar-refractivity contribution < 1.29 is 8.78 Å². The number of hydrogen-bond donors (Lipinski definition) is 0. The van der Waals surface area contributed by atoms with Crippen LogP contribution in [0.3, 0.4) is 0 Å². The lowest BCUT2D eigenvalue weighted by Gasteiger charge is -2.13. The van der Waals surface area contributed by atoms with Crippen molar-refractivity contribution in [3.63, 3.8) is 0 Å². The lowest BCUT2D eigenvalue weighted by atomic mass is 10.0. The maximum absolute atomic E-state index is 14.0. The Balaban J connectivity index is 1.07. The van der Waals surface area contributed by atoms with Gasteiger partial charge >= 0.3 is 0 Å².